The zero-order valence-electron chi connectivity index (χ0n) is 17.9. The van der Waals surface area contributed by atoms with Crippen LogP contribution in [0.2, 0.25) is 0 Å². The Labute approximate surface area is 193 Å². The van der Waals surface area contributed by atoms with Crippen molar-refractivity contribution in [3.05, 3.63) is 82.8 Å². The van der Waals surface area contributed by atoms with Crippen LogP contribution >= 0.6 is 0 Å². The first-order valence-corrected chi connectivity index (χ1v) is 10.1. The topological polar surface area (TPSA) is 59.9 Å². The zero-order valence-corrected chi connectivity index (χ0v) is 17.9. The number of alkyl halides is 3. The number of nitrogens with one attached hydrogen (secondary N) is 1. The van der Waals surface area contributed by atoms with Crippen LogP contribution in [0, 0.1) is 30.2 Å². The first-order valence-electron chi connectivity index (χ1n) is 10.1. The lowest BCUT2D eigenvalue weighted by atomic mass is 10.1. The molecule has 0 saturated carbocycles. The van der Waals surface area contributed by atoms with Crippen molar-refractivity contribution in [1.82, 2.24) is 15.0 Å². The van der Waals surface area contributed by atoms with Gasteiger partial charge in [0.25, 0.3) is 0 Å². The summed E-state index contributed by atoms with van der Waals surface area (Å²) in [6.07, 6.45) is -3.68. The number of rotatable bonds is 6. The molecule has 0 radical (unpaired) electrons. The van der Waals surface area contributed by atoms with Gasteiger partial charge in [-0.1, -0.05) is 12.1 Å². The standard InChI is InChI=1S/C23H15F7N4O/c1-11-8-12(6-7-31-22-18-13(24)3-4-14(25)20(18)32-10-33-22)2-5-16(11)35-17-9-15(26)19(27)21(34-17)23(28,29)30/h2-5,8-10H,6-7H2,1H3,(H,31,32,33). The Kier molecular flexibility index (Phi) is 6.46. The van der Waals surface area contributed by atoms with Gasteiger partial charge in [-0.3, -0.25) is 0 Å². The molecule has 4 rings (SSSR count). The number of anilines is 1. The lowest BCUT2D eigenvalue weighted by Gasteiger charge is -2.13. The SMILES string of the molecule is Cc1cc(CCNc2ncnc3c(F)ccc(F)c23)ccc1Oc1cc(F)c(F)c(C(F)(F)F)n1. The van der Waals surface area contributed by atoms with Crippen LogP contribution < -0.4 is 10.1 Å². The first-order chi connectivity index (χ1) is 16.5. The third-order valence-electron chi connectivity index (χ3n) is 5.01. The van der Waals surface area contributed by atoms with E-state index in [4.69, 9.17) is 4.74 Å². The van der Waals surface area contributed by atoms with Crippen LogP contribution in [0.15, 0.2) is 42.7 Å². The summed E-state index contributed by atoms with van der Waals surface area (Å²) in [4.78, 5) is 10.8. The van der Waals surface area contributed by atoms with Crippen molar-refractivity contribution in [2.45, 2.75) is 19.5 Å². The molecule has 0 unspecified atom stereocenters. The van der Waals surface area contributed by atoms with E-state index in [1.165, 1.54) is 6.07 Å². The second kappa shape index (κ2) is 9.35. The Morgan fingerprint density at radius 1 is 0.914 bits per heavy atom. The molecular formula is C23H15F7N4O. The molecule has 0 saturated heterocycles. The number of aromatic nitrogens is 3. The largest absolute Gasteiger partial charge is 0.439 e. The molecule has 35 heavy (non-hydrogen) atoms. The van der Waals surface area contributed by atoms with Gasteiger partial charge in [0.2, 0.25) is 5.88 Å². The van der Waals surface area contributed by atoms with Gasteiger partial charge in [-0.15, -0.1) is 0 Å². The minimum absolute atomic E-state index is 0.0790. The average molecular weight is 496 g/mol. The molecule has 2 aromatic carbocycles. The van der Waals surface area contributed by atoms with Gasteiger partial charge in [-0.05, 0) is 42.7 Å². The number of pyridine rings is 1. The number of benzene rings is 2. The third-order valence-corrected chi connectivity index (χ3v) is 5.01. The van der Waals surface area contributed by atoms with Crippen LogP contribution in [0.25, 0.3) is 10.9 Å². The maximum Gasteiger partial charge on any atom is 0.436 e. The van der Waals surface area contributed by atoms with E-state index in [1.54, 1.807) is 19.1 Å². The first kappa shape index (κ1) is 24.2. The molecule has 12 heteroatoms. The monoisotopic (exact) mass is 496 g/mol. The van der Waals surface area contributed by atoms with E-state index >= 15 is 0 Å². The fourth-order valence-electron chi connectivity index (χ4n) is 3.37. The number of hydrogen-bond donors (Lipinski definition) is 1. The molecule has 0 aliphatic heterocycles. The maximum absolute atomic E-state index is 14.2. The fraction of sp³-hybridized carbons (Fsp3) is 0.174. The number of ether oxygens (including phenoxy) is 1. The van der Waals surface area contributed by atoms with Gasteiger partial charge in [-0.25, -0.2) is 32.5 Å². The van der Waals surface area contributed by atoms with Crippen LogP contribution in [0.5, 0.6) is 11.6 Å². The minimum atomic E-state index is -5.19. The summed E-state index contributed by atoms with van der Waals surface area (Å²) in [7, 11) is 0. The summed E-state index contributed by atoms with van der Waals surface area (Å²) in [5.41, 5.74) is -0.912. The van der Waals surface area contributed by atoms with E-state index in [0.29, 0.717) is 18.1 Å². The van der Waals surface area contributed by atoms with E-state index in [-0.39, 0.29) is 29.0 Å². The summed E-state index contributed by atoms with van der Waals surface area (Å²) in [6.45, 7) is 1.88. The molecule has 2 aromatic heterocycles. The number of hydrogen-bond acceptors (Lipinski definition) is 5. The van der Waals surface area contributed by atoms with Gasteiger partial charge < -0.3 is 10.1 Å². The molecule has 0 spiro atoms. The van der Waals surface area contributed by atoms with Crippen LogP contribution in [-0.4, -0.2) is 21.5 Å². The van der Waals surface area contributed by atoms with Crippen LogP contribution in [-0.2, 0) is 12.6 Å². The molecule has 0 aliphatic rings. The Balaban J connectivity index is 1.47. The molecular weight excluding hydrogens is 481 g/mol. The summed E-state index contributed by atoms with van der Waals surface area (Å²) < 4.78 is 99.0. The molecule has 2 heterocycles. The quantitative estimate of drug-likeness (QED) is 0.315. The highest BCUT2D eigenvalue weighted by molar-refractivity contribution is 5.89. The lowest BCUT2D eigenvalue weighted by molar-refractivity contribution is -0.144. The van der Waals surface area contributed by atoms with Crippen molar-refractivity contribution in [2.75, 3.05) is 11.9 Å². The van der Waals surface area contributed by atoms with Gasteiger partial charge in [0.15, 0.2) is 17.3 Å². The second-order valence-corrected chi connectivity index (χ2v) is 7.46. The van der Waals surface area contributed by atoms with Gasteiger partial charge >= 0.3 is 6.18 Å². The smallest absolute Gasteiger partial charge is 0.436 e. The highest BCUT2D eigenvalue weighted by Crippen LogP contribution is 2.34. The lowest BCUT2D eigenvalue weighted by Crippen LogP contribution is -2.13. The molecule has 182 valence electrons. The third kappa shape index (κ3) is 5.10. The average Bonchev–Trinajstić information content (AvgIpc) is 2.79. The predicted molar refractivity (Wildman–Crippen MR) is 112 cm³/mol. The number of halogens is 7. The van der Waals surface area contributed by atoms with E-state index in [1.807, 2.05) is 0 Å². The van der Waals surface area contributed by atoms with Crippen molar-refractivity contribution in [2.24, 2.45) is 0 Å². The van der Waals surface area contributed by atoms with Crippen molar-refractivity contribution >= 4 is 16.7 Å². The van der Waals surface area contributed by atoms with Gasteiger partial charge in [0, 0.05) is 12.6 Å². The number of aryl methyl sites for hydroxylation is 1. The Bertz CT molecular complexity index is 1410. The Morgan fingerprint density at radius 3 is 2.37 bits per heavy atom. The zero-order chi connectivity index (χ0) is 25.3. The van der Waals surface area contributed by atoms with Crippen molar-refractivity contribution in [3.8, 4) is 11.6 Å². The van der Waals surface area contributed by atoms with E-state index in [2.05, 4.69) is 20.3 Å². The molecule has 4 aromatic rings. The molecule has 0 atom stereocenters. The maximum atomic E-state index is 14.2. The van der Waals surface area contributed by atoms with Crippen molar-refractivity contribution in [1.29, 1.82) is 0 Å². The number of fused-ring (bicyclic) bond motifs is 1. The van der Waals surface area contributed by atoms with E-state index in [0.717, 1.165) is 24.0 Å². The summed E-state index contributed by atoms with van der Waals surface area (Å²) in [5, 5.41) is 2.85. The van der Waals surface area contributed by atoms with E-state index in [9.17, 15) is 30.7 Å². The van der Waals surface area contributed by atoms with E-state index < -0.39 is 41.0 Å². The minimum Gasteiger partial charge on any atom is -0.439 e. The van der Waals surface area contributed by atoms with Gasteiger partial charge in [0.05, 0.1) is 5.39 Å². The highest BCUT2D eigenvalue weighted by Gasteiger charge is 2.38. The fourth-order valence-corrected chi connectivity index (χ4v) is 3.37. The van der Waals surface area contributed by atoms with Gasteiger partial charge in [-0.2, -0.15) is 13.2 Å². The normalized spacial score (nSPS) is 11.7. The number of nitrogens with zero attached hydrogens (tertiary/aromatic N) is 3. The molecule has 0 aliphatic carbocycles. The molecule has 0 bridgehead atoms. The van der Waals surface area contributed by atoms with Gasteiger partial charge in [0.1, 0.15) is 35.0 Å². The van der Waals surface area contributed by atoms with Crippen LogP contribution in [0.3, 0.4) is 0 Å². The Hall–Kier alpha value is -3.96. The molecule has 0 amide bonds. The van der Waals surface area contributed by atoms with Crippen molar-refractivity contribution in [3.63, 3.8) is 0 Å². The molecule has 0 fully saturated rings. The Morgan fingerprint density at radius 2 is 1.66 bits per heavy atom. The second-order valence-electron chi connectivity index (χ2n) is 7.46. The highest BCUT2D eigenvalue weighted by atomic mass is 19.4. The predicted octanol–water partition coefficient (Wildman–Crippen LogP) is 6.36. The molecule has 5 nitrogen and oxygen atoms in total. The van der Waals surface area contributed by atoms with Crippen molar-refractivity contribution < 1.29 is 35.5 Å². The summed E-state index contributed by atoms with van der Waals surface area (Å²) >= 11 is 0. The molecule has 1 N–H and O–H groups in total. The van der Waals surface area contributed by atoms with Crippen LogP contribution in [0.4, 0.5) is 36.6 Å². The summed E-state index contributed by atoms with van der Waals surface area (Å²) in [5.74, 6) is -5.75. The van der Waals surface area contributed by atoms with Crippen LogP contribution in [0.1, 0.15) is 16.8 Å². The summed E-state index contributed by atoms with van der Waals surface area (Å²) in [6, 6.07) is 7.09.